The van der Waals surface area contributed by atoms with Crippen LogP contribution in [0, 0.1) is 6.92 Å². The summed E-state index contributed by atoms with van der Waals surface area (Å²) >= 11 is 12.3. The Kier molecular flexibility index (Phi) is 3.22. The van der Waals surface area contributed by atoms with Crippen molar-refractivity contribution >= 4 is 29.2 Å². The summed E-state index contributed by atoms with van der Waals surface area (Å²) < 4.78 is 1.45. The highest BCUT2D eigenvalue weighted by Gasteiger charge is 2.34. The van der Waals surface area contributed by atoms with Crippen LogP contribution in [0.1, 0.15) is 40.4 Å². The van der Waals surface area contributed by atoms with E-state index in [-0.39, 0.29) is 16.6 Å². The van der Waals surface area contributed by atoms with E-state index in [9.17, 15) is 9.90 Å². The van der Waals surface area contributed by atoms with Crippen LogP contribution >= 0.6 is 23.2 Å². The topological polar surface area (TPSA) is 55.1 Å². The molecule has 4 nitrogen and oxygen atoms in total. The Hall–Kier alpha value is -1.52. The molecule has 3 rings (SSSR count). The smallest absolute Gasteiger partial charge is 0.340 e. The Morgan fingerprint density at radius 2 is 2.10 bits per heavy atom. The normalized spacial score (nSPS) is 14.6. The quantitative estimate of drug-likeness (QED) is 0.930. The van der Waals surface area contributed by atoms with Crippen LogP contribution < -0.4 is 0 Å². The van der Waals surface area contributed by atoms with E-state index < -0.39 is 5.97 Å². The molecule has 0 saturated heterocycles. The molecule has 1 aliphatic carbocycles. The molecule has 20 heavy (non-hydrogen) atoms. The van der Waals surface area contributed by atoms with Crippen LogP contribution in [-0.4, -0.2) is 20.9 Å². The number of aromatic nitrogens is 2. The molecule has 0 radical (unpaired) electrons. The number of carboxylic acid groups (broad SMARTS) is 1. The summed E-state index contributed by atoms with van der Waals surface area (Å²) in [5, 5.41) is 14.4. The SMILES string of the molecule is Cc1ccc(-n2nc(C3CC3)c(C(=O)O)c2Cl)cc1Cl. The minimum Gasteiger partial charge on any atom is -0.478 e. The zero-order valence-electron chi connectivity index (χ0n) is 10.7. The Bertz CT molecular complexity index is 705. The van der Waals surface area contributed by atoms with Gasteiger partial charge in [0.05, 0.1) is 11.4 Å². The molecule has 1 fully saturated rings. The lowest BCUT2D eigenvalue weighted by molar-refractivity contribution is 0.0696. The van der Waals surface area contributed by atoms with Gasteiger partial charge in [-0.1, -0.05) is 29.3 Å². The van der Waals surface area contributed by atoms with Gasteiger partial charge in [-0.05, 0) is 37.5 Å². The molecular weight excluding hydrogens is 299 g/mol. The number of aromatic carboxylic acids is 1. The maximum atomic E-state index is 11.4. The fourth-order valence-electron chi connectivity index (χ4n) is 2.14. The van der Waals surface area contributed by atoms with Crippen molar-refractivity contribution in [2.75, 3.05) is 0 Å². The van der Waals surface area contributed by atoms with Gasteiger partial charge in [0.2, 0.25) is 0 Å². The predicted molar refractivity (Wildman–Crippen MR) is 77.3 cm³/mol. The molecule has 0 amide bonds. The van der Waals surface area contributed by atoms with Crippen molar-refractivity contribution in [1.29, 1.82) is 0 Å². The van der Waals surface area contributed by atoms with E-state index in [1.54, 1.807) is 6.07 Å². The van der Waals surface area contributed by atoms with Gasteiger partial charge in [-0.2, -0.15) is 5.10 Å². The molecule has 1 aromatic heterocycles. The van der Waals surface area contributed by atoms with Gasteiger partial charge in [-0.3, -0.25) is 0 Å². The van der Waals surface area contributed by atoms with E-state index in [4.69, 9.17) is 23.2 Å². The summed E-state index contributed by atoms with van der Waals surface area (Å²) in [6, 6.07) is 5.41. The first-order valence-corrected chi connectivity index (χ1v) is 7.03. The lowest BCUT2D eigenvalue weighted by Gasteiger charge is -2.05. The van der Waals surface area contributed by atoms with E-state index in [2.05, 4.69) is 5.10 Å². The first-order valence-electron chi connectivity index (χ1n) is 6.27. The van der Waals surface area contributed by atoms with Crippen LogP contribution in [0.4, 0.5) is 0 Å². The van der Waals surface area contributed by atoms with Crippen LogP contribution in [0.2, 0.25) is 10.2 Å². The monoisotopic (exact) mass is 310 g/mol. The van der Waals surface area contributed by atoms with Crippen molar-refractivity contribution in [1.82, 2.24) is 9.78 Å². The summed E-state index contributed by atoms with van der Waals surface area (Å²) in [7, 11) is 0. The van der Waals surface area contributed by atoms with Gasteiger partial charge in [-0.15, -0.1) is 0 Å². The number of hydrogen-bond acceptors (Lipinski definition) is 2. The summed E-state index contributed by atoms with van der Waals surface area (Å²) in [6.45, 7) is 1.90. The molecule has 0 bridgehead atoms. The molecule has 1 aromatic carbocycles. The van der Waals surface area contributed by atoms with Crippen molar-refractivity contribution in [2.45, 2.75) is 25.7 Å². The fraction of sp³-hybridized carbons (Fsp3) is 0.286. The van der Waals surface area contributed by atoms with E-state index in [1.165, 1.54) is 4.68 Å². The third-order valence-corrected chi connectivity index (χ3v) is 4.19. The maximum Gasteiger partial charge on any atom is 0.340 e. The number of carbonyl (C=O) groups is 1. The van der Waals surface area contributed by atoms with E-state index in [0.717, 1.165) is 18.4 Å². The van der Waals surface area contributed by atoms with Crippen LogP contribution in [-0.2, 0) is 0 Å². The molecule has 1 N–H and O–H groups in total. The Morgan fingerprint density at radius 3 is 2.65 bits per heavy atom. The van der Waals surface area contributed by atoms with Gasteiger partial charge < -0.3 is 5.11 Å². The summed E-state index contributed by atoms with van der Waals surface area (Å²) in [5.74, 6) is -0.831. The molecule has 1 aliphatic rings. The molecule has 6 heteroatoms. The Morgan fingerprint density at radius 1 is 1.40 bits per heavy atom. The van der Waals surface area contributed by atoms with Crippen LogP contribution in [0.15, 0.2) is 18.2 Å². The standard InChI is InChI=1S/C14H12Cl2N2O2/c1-7-2-5-9(6-10(7)15)18-13(16)11(14(19)20)12(17-18)8-3-4-8/h2,5-6,8H,3-4H2,1H3,(H,19,20). The molecule has 0 unspecified atom stereocenters. The van der Waals surface area contributed by atoms with Gasteiger partial charge in [0, 0.05) is 10.9 Å². The zero-order chi connectivity index (χ0) is 14.4. The number of benzene rings is 1. The lowest BCUT2D eigenvalue weighted by Crippen LogP contribution is -2.00. The molecule has 0 spiro atoms. The zero-order valence-corrected chi connectivity index (χ0v) is 12.2. The Balaban J connectivity index is 2.16. The van der Waals surface area contributed by atoms with Crippen molar-refractivity contribution in [3.05, 3.63) is 45.2 Å². The molecule has 104 valence electrons. The van der Waals surface area contributed by atoms with Crippen molar-refractivity contribution in [3.63, 3.8) is 0 Å². The summed E-state index contributed by atoms with van der Waals surface area (Å²) in [6.07, 6.45) is 1.92. The van der Waals surface area contributed by atoms with E-state index in [1.807, 2.05) is 19.1 Å². The van der Waals surface area contributed by atoms with Crippen LogP contribution in [0.25, 0.3) is 5.69 Å². The average Bonchev–Trinajstić information content (AvgIpc) is 3.16. The summed E-state index contributed by atoms with van der Waals surface area (Å²) in [5.41, 5.74) is 2.28. The average molecular weight is 311 g/mol. The van der Waals surface area contributed by atoms with E-state index in [0.29, 0.717) is 16.4 Å². The first-order chi connectivity index (χ1) is 9.49. The highest BCUT2D eigenvalue weighted by Crippen LogP contribution is 2.43. The van der Waals surface area contributed by atoms with Gasteiger partial charge >= 0.3 is 5.97 Å². The second-order valence-electron chi connectivity index (χ2n) is 4.98. The number of carboxylic acids is 1. The number of rotatable bonds is 3. The number of halogens is 2. The second kappa shape index (κ2) is 4.79. The minimum absolute atomic E-state index is 0.103. The van der Waals surface area contributed by atoms with Crippen molar-refractivity contribution in [3.8, 4) is 5.69 Å². The third kappa shape index (κ3) is 2.19. The fourth-order valence-corrected chi connectivity index (χ4v) is 2.63. The van der Waals surface area contributed by atoms with Crippen molar-refractivity contribution in [2.24, 2.45) is 0 Å². The molecular formula is C14H12Cl2N2O2. The molecule has 0 atom stereocenters. The first kappa shape index (κ1) is 13.5. The second-order valence-corrected chi connectivity index (χ2v) is 5.74. The van der Waals surface area contributed by atoms with Gasteiger partial charge in [0.1, 0.15) is 10.7 Å². The number of aryl methyl sites for hydroxylation is 1. The molecule has 1 saturated carbocycles. The van der Waals surface area contributed by atoms with Gasteiger partial charge in [0.25, 0.3) is 0 Å². The highest BCUT2D eigenvalue weighted by molar-refractivity contribution is 6.33. The Labute approximate surface area is 125 Å². The molecule has 1 heterocycles. The predicted octanol–water partition coefficient (Wildman–Crippen LogP) is 4.06. The van der Waals surface area contributed by atoms with Crippen molar-refractivity contribution < 1.29 is 9.90 Å². The highest BCUT2D eigenvalue weighted by atomic mass is 35.5. The third-order valence-electron chi connectivity index (χ3n) is 3.43. The molecule has 2 aromatic rings. The maximum absolute atomic E-state index is 11.4. The van der Waals surface area contributed by atoms with Gasteiger partial charge in [-0.25, -0.2) is 9.48 Å². The molecule has 0 aliphatic heterocycles. The van der Waals surface area contributed by atoms with Crippen LogP contribution in [0.3, 0.4) is 0 Å². The van der Waals surface area contributed by atoms with Gasteiger partial charge in [0.15, 0.2) is 0 Å². The summed E-state index contributed by atoms with van der Waals surface area (Å²) in [4.78, 5) is 11.4. The number of hydrogen-bond donors (Lipinski definition) is 1. The minimum atomic E-state index is -1.04. The largest absolute Gasteiger partial charge is 0.478 e. The van der Waals surface area contributed by atoms with Crippen LogP contribution in [0.5, 0.6) is 0 Å². The number of nitrogens with zero attached hydrogens (tertiary/aromatic N) is 2. The van der Waals surface area contributed by atoms with E-state index >= 15 is 0 Å². The lowest BCUT2D eigenvalue weighted by atomic mass is 10.2.